The van der Waals surface area contributed by atoms with Gasteiger partial charge in [-0.15, -0.1) is 0 Å². The minimum absolute atomic E-state index is 0.0113. The SMILES string of the molecule is NC(=O)c1cc(C(F)(F)F)ccc1NCCCCC(=O)O. The molecule has 0 aliphatic rings. The van der Waals surface area contributed by atoms with Gasteiger partial charge < -0.3 is 16.2 Å². The van der Waals surface area contributed by atoms with Gasteiger partial charge in [0, 0.05) is 18.7 Å². The quantitative estimate of drug-likeness (QED) is 0.675. The lowest BCUT2D eigenvalue weighted by Crippen LogP contribution is -2.17. The maximum atomic E-state index is 12.6. The average molecular weight is 304 g/mol. The second kappa shape index (κ2) is 6.96. The van der Waals surface area contributed by atoms with Gasteiger partial charge in [-0.3, -0.25) is 9.59 Å². The molecule has 0 aliphatic heterocycles. The van der Waals surface area contributed by atoms with E-state index in [9.17, 15) is 22.8 Å². The first kappa shape index (κ1) is 16.8. The van der Waals surface area contributed by atoms with E-state index in [2.05, 4.69) is 5.32 Å². The monoisotopic (exact) mass is 304 g/mol. The zero-order chi connectivity index (χ0) is 16.0. The molecule has 0 aliphatic carbocycles. The number of aliphatic carboxylic acids is 1. The molecule has 0 unspecified atom stereocenters. The summed E-state index contributed by atoms with van der Waals surface area (Å²) in [5.41, 5.74) is 4.07. The molecule has 4 N–H and O–H groups in total. The van der Waals surface area contributed by atoms with Crippen LogP contribution in [0.25, 0.3) is 0 Å². The normalized spacial score (nSPS) is 11.2. The molecule has 1 amide bonds. The van der Waals surface area contributed by atoms with Crippen LogP contribution < -0.4 is 11.1 Å². The van der Waals surface area contributed by atoms with Gasteiger partial charge in [0.2, 0.25) is 0 Å². The van der Waals surface area contributed by atoms with Gasteiger partial charge in [0.25, 0.3) is 5.91 Å². The molecule has 0 spiro atoms. The van der Waals surface area contributed by atoms with Crippen molar-refractivity contribution in [1.82, 2.24) is 0 Å². The van der Waals surface area contributed by atoms with E-state index in [0.29, 0.717) is 25.5 Å². The molecule has 21 heavy (non-hydrogen) atoms. The van der Waals surface area contributed by atoms with E-state index >= 15 is 0 Å². The molecular weight excluding hydrogens is 289 g/mol. The first-order valence-corrected chi connectivity index (χ1v) is 6.18. The fourth-order valence-corrected chi connectivity index (χ4v) is 1.70. The van der Waals surface area contributed by atoms with Crippen LogP contribution in [-0.4, -0.2) is 23.5 Å². The summed E-state index contributed by atoms with van der Waals surface area (Å²) in [5.74, 6) is -1.88. The highest BCUT2D eigenvalue weighted by Gasteiger charge is 2.31. The molecule has 0 aromatic heterocycles. The van der Waals surface area contributed by atoms with E-state index in [4.69, 9.17) is 10.8 Å². The molecule has 1 rings (SSSR count). The van der Waals surface area contributed by atoms with E-state index in [1.165, 1.54) is 0 Å². The van der Waals surface area contributed by atoms with Gasteiger partial charge >= 0.3 is 12.1 Å². The third kappa shape index (κ3) is 5.33. The summed E-state index contributed by atoms with van der Waals surface area (Å²) in [4.78, 5) is 21.5. The summed E-state index contributed by atoms with van der Waals surface area (Å²) in [7, 11) is 0. The third-order valence-corrected chi connectivity index (χ3v) is 2.75. The maximum absolute atomic E-state index is 12.6. The maximum Gasteiger partial charge on any atom is 0.416 e. The van der Waals surface area contributed by atoms with Crippen molar-refractivity contribution in [3.05, 3.63) is 29.3 Å². The first-order valence-electron chi connectivity index (χ1n) is 6.18. The molecule has 0 saturated carbocycles. The Labute approximate surface area is 118 Å². The van der Waals surface area contributed by atoms with Crippen LogP contribution in [0.5, 0.6) is 0 Å². The standard InChI is InChI=1S/C13H15F3N2O3/c14-13(15,16)8-4-5-10(9(7-8)12(17)21)18-6-2-1-3-11(19)20/h4-5,7,18H,1-3,6H2,(H2,17,21)(H,19,20). The van der Waals surface area contributed by atoms with Gasteiger partial charge in [-0.2, -0.15) is 13.2 Å². The second-order valence-electron chi connectivity index (χ2n) is 4.40. The van der Waals surface area contributed by atoms with Crippen molar-refractivity contribution in [2.24, 2.45) is 5.73 Å². The van der Waals surface area contributed by atoms with Gasteiger partial charge in [0.1, 0.15) is 0 Å². The Morgan fingerprint density at radius 3 is 2.43 bits per heavy atom. The molecular formula is C13H15F3N2O3. The highest BCUT2D eigenvalue weighted by Crippen LogP contribution is 2.31. The van der Waals surface area contributed by atoms with Crippen LogP contribution in [0.15, 0.2) is 18.2 Å². The highest BCUT2D eigenvalue weighted by molar-refractivity contribution is 5.98. The number of nitrogens with one attached hydrogen (secondary N) is 1. The molecule has 8 heteroatoms. The van der Waals surface area contributed by atoms with Crippen molar-refractivity contribution in [2.75, 3.05) is 11.9 Å². The number of alkyl halides is 3. The second-order valence-corrected chi connectivity index (χ2v) is 4.40. The molecule has 1 aromatic rings. The van der Waals surface area contributed by atoms with Crippen molar-refractivity contribution < 1.29 is 27.9 Å². The number of benzene rings is 1. The number of hydrogen-bond acceptors (Lipinski definition) is 3. The Balaban J connectivity index is 2.74. The Morgan fingerprint density at radius 1 is 1.24 bits per heavy atom. The molecule has 0 fully saturated rings. The predicted octanol–water partition coefficient (Wildman–Crippen LogP) is 2.47. The minimum atomic E-state index is -4.55. The van der Waals surface area contributed by atoms with Crippen molar-refractivity contribution >= 4 is 17.6 Å². The molecule has 0 saturated heterocycles. The fourth-order valence-electron chi connectivity index (χ4n) is 1.70. The van der Waals surface area contributed by atoms with E-state index in [-0.39, 0.29) is 17.7 Å². The Hall–Kier alpha value is -2.25. The number of nitrogens with two attached hydrogens (primary N) is 1. The summed E-state index contributed by atoms with van der Waals surface area (Å²) < 4.78 is 37.7. The molecule has 0 radical (unpaired) electrons. The van der Waals surface area contributed by atoms with Crippen LogP contribution in [0.2, 0.25) is 0 Å². The van der Waals surface area contributed by atoms with Crippen molar-refractivity contribution in [2.45, 2.75) is 25.4 Å². The van der Waals surface area contributed by atoms with Crippen molar-refractivity contribution in [3.8, 4) is 0 Å². The lowest BCUT2D eigenvalue weighted by Gasteiger charge is -2.13. The van der Waals surface area contributed by atoms with Gasteiger partial charge in [0.15, 0.2) is 0 Å². The molecule has 1 aromatic carbocycles. The van der Waals surface area contributed by atoms with Gasteiger partial charge in [-0.1, -0.05) is 0 Å². The van der Waals surface area contributed by atoms with Crippen LogP contribution in [-0.2, 0) is 11.0 Å². The molecule has 116 valence electrons. The smallest absolute Gasteiger partial charge is 0.416 e. The van der Waals surface area contributed by atoms with E-state index in [0.717, 1.165) is 12.1 Å². The van der Waals surface area contributed by atoms with Gasteiger partial charge in [0.05, 0.1) is 11.1 Å². The van der Waals surface area contributed by atoms with Gasteiger partial charge in [-0.25, -0.2) is 0 Å². The Morgan fingerprint density at radius 2 is 1.90 bits per heavy atom. The summed E-state index contributed by atoms with van der Waals surface area (Å²) >= 11 is 0. The number of anilines is 1. The summed E-state index contributed by atoms with van der Waals surface area (Å²) in [6.45, 7) is 0.332. The zero-order valence-corrected chi connectivity index (χ0v) is 11.0. The number of carbonyl (C=O) groups excluding carboxylic acids is 1. The molecule has 0 bridgehead atoms. The molecule has 0 atom stereocenters. The number of carbonyl (C=O) groups is 2. The van der Waals surface area contributed by atoms with Crippen LogP contribution in [0.1, 0.15) is 35.2 Å². The Kier molecular flexibility index (Phi) is 5.57. The summed E-state index contributed by atoms with van der Waals surface area (Å²) in [6, 6.07) is 2.69. The van der Waals surface area contributed by atoms with Gasteiger partial charge in [-0.05, 0) is 31.0 Å². The fraction of sp³-hybridized carbons (Fsp3) is 0.385. The minimum Gasteiger partial charge on any atom is -0.481 e. The van der Waals surface area contributed by atoms with E-state index in [1.54, 1.807) is 0 Å². The number of primary amides is 1. The highest BCUT2D eigenvalue weighted by atomic mass is 19.4. The lowest BCUT2D eigenvalue weighted by molar-refractivity contribution is -0.138. The van der Waals surface area contributed by atoms with Crippen LogP contribution >= 0.6 is 0 Å². The number of rotatable bonds is 7. The number of carboxylic acids is 1. The topological polar surface area (TPSA) is 92.4 Å². The van der Waals surface area contributed by atoms with Crippen LogP contribution in [0, 0.1) is 0 Å². The van der Waals surface area contributed by atoms with Crippen LogP contribution in [0.4, 0.5) is 18.9 Å². The molecule has 5 nitrogen and oxygen atoms in total. The van der Waals surface area contributed by atoms with Crippen molar-refractivity contribution in [3.63, 3.8) is 0 Å². The van der Waals surface area contributed by atoms with Crippen molar-refractivity contribution in [1.29, 1.82) is 0 Å². The summed E-state index contributed by atoms with van der Waals surface area (Å²) in [5, 5.41) is 11.3. The average Bonchev–Trinajstić information content (AvgIpc) is 2.36. The Bertz CT molecular complexity index is 530. The summed E-state index contributed by atoms with van der Waals surface area (Å²) in [6.07, 6.45) is -3.61. The zero-order valence-electron chi connectivity index (χ0n) is 11.0. The van der Waals surface area contributed by atoms with E-state index in [1.807, 2.05) is 0 Å². The predicted molar refractivity (Wildman–Crippen MR) is 69.9 cm³/mol. The number of hydrogen-bond donors (Lipinski definition) is 3. The third-order valence-electron chi connectivity index (χ3n) is 2.75. The number of carboxylic acid groups (broad SMARTS) is 1. The largest absolute Gasteiger partial charge is 0.481 e. The number of amides is 1. The lowest BCUT2D eigenvalue weighted by atomic mass is 10.1. The van der Waals surface area contributed by atoms with Crippen LogP contribution in [0.3, 0.4) is 0 Å². The molecule has 0 heterocycles. The van der Waals surface area contributed by atoms with E-state index < -0.39 is 23.6 Å². The first-order chi connectivity index (χ1) is 9.71. The number of halogens is 3. The number of unbranched alkanes of at least 4 members (excludes halogenated alkanes) is 1.